The minimum Gasteiger partial charge on any atom is -0.493 e. The van der Waals surface area contributed by atoms with Gasteiger partial charge in [-0.05, 0) is 29.3 Å². The van der Waals surface area contributed by atoms with Crippen LogP contribution in [0.3, 0.4) is 0 Å². The molecule has 0 fully saturated rings. The largest absolute Gasteiger partial charge is 0.493 e. The van der Waals surface area contributed by atoms with E-state index in [9.17, 15) is 4.79 Å². The molecule has 3 aromatic rings. The van der Waals surface area contributed by atoms with Crippen molar-refractivity contribution in [1.29, 1.82) is 0 Å². The fraction of sp³-hybridized carbons (Fsp3) is 0.105. The van der Waals surface area contributed by atoms with E-state index in [2.05, 4.69) is 0 Å². The average Bonchev–Trinajstić information content (AvgIpc) is 2.59. The molecule has 4 heteroatoms. The van der Waals surface area contributed by atoms with Gasteiger partial charge in [0, 0.05) is 11.5 Å². The van der Waals surface area contributed by atoms with Crippen molar-refractivity contribution in [3.8, 4) is 11.5 Å². The SMILES string of the molecule is COc1ccc(/C=C/c2cc(=O)oc3ccccc23)cc1OC. The Labute approximate surface area is 133 Å². The second kappa shape index (κ2) is 6.40. The van der Waals surface area contributed by atoms with Crippen molar-refractivity contribution < 1.29 is 13.9 Å². The maximum atomic E-state index is 11.7. The highest BCUT2D eigenvalue weighted by Gasteiger charge is 2.04. The Kier molecular flexibility index (Phi) is 4.15. The van der Waals surface area contributed by atoms with Gasteiger partial charge in [-0.15, -0.1) is 0 Å². The van der Waals surface area contributed by atoms with Crippen LogP contribution < -0.4 is 15.1 Å². The average molecular weight is 308 g/mol. The summed E-state index contributed by atoms with van der Waals surface area (Å²) in [6.07, 6.45) is 3.81. The molecule has 0 aliphatic rings. The molecule has 0 saturated carbocycles. The Hall–Kier alpha value is -3.01. The molecule has 116 valence electrons. The molecule has 0 atom stereocenters. The molecule has 0 aliphatic carbocycles. The molecule has 1 aromatic heterocycles. The standard InChI is InChI=1S/C19H16O4/c1-21-17-10-8-13(11-18(17)22-2)7-9-14-12-19(20)23-16-6-4-3-5-15(14)16/h3-12H,1-2H3/b9-7+. The zero-order valence-corrected chi connectivity index (χ0v) is 12.9. The molecular formula is C19H16O4. The van der Waals surface area contributed by atoms with Crippen LogP contribution in [0, 0.1) is 0 Å². The van der Waals surface area contributed by atoms with E-state index in [0.717, 1.165) is 16.5 Å². The summed E-state index contributed by atoms with van der Waals surface area (Å²) in [5.74, 6) is 1.34. The lowest BCUT2D eigenvalue weighted by atomic mass is 10.1. The summed E-state index contributed by atoms with van der Waals surface area (Å²) in [6, 6.07) is 14.6. The fourth-order valence-corrected chi connectivity index (χ4v) is 2.42. The van der Waals surface area contributed by atoms with Crippen LogP contribution in [-0.2, 0) is 0 Å². The van der Waals surface area contributed by atoms with Gasteiger partial charge in [0.25, 0.3) is 0 Å². The van der Waals surface area contributed by atoms with E-state index in [4.69, 9.17) is 13.9 Å². The summed E-state index contributed by atoms with van der Waals surface area (Å²) in [5.41, 5.74) is 1.97. The summed E-state index contributed by atoms with van der Waals surface area (Å²) < 4.78 is 15.7. The first kappa shape index (κ1) is 14.9. The topological polar surface area (TPSA) is 48.7 Å². The molecule has 3 rings (SSSR count). The molecule has 1 heterocycles. The Morgan fingerprint density at radius 1 is 0.913 bits per heavy atom. The number of ether oxygens (including phenoxy) is 2. The van der Waals surface area contributed by atoms with Gasteiger partial charge in [-0.1, -0.05) is 36.4 Å². The fourth-order valence-electron chi connectivity index (χ4n) is 2.42. The van der Waals surface area contributed by atoms with Crippen molar-refractivity contribution in [3.63, 3.8) is 0 Å². The maximum Gasteiger partial charge on any atom is 0.336 e. The number of benzene rings is 2. The van der Waals surface area contributed by atoms with E-state index < -0.39 is 0 Å². The summed E-state index contributed by atoms with van der Waals surface area (Å²) in [4.78, 5) is 11.7. The Bertz CT molecular complexity index is 922. The summed E-state index contributed by atoms with van der Waals surface area (Å²) in [7, 11) is 3.20. The molecule has 4 nitrogen and oxygen atoms in total. The second-order valence-electron chi connectivity index (χ2n) is 4.96. The van der Waals surface area contributed by atoms with Crippen LogP contribution in [0.25, 0.3) is 23.1 Å². The van der Waals surface area contributed by atoms with E-state index in [1.165, 1.54) is 6.07 Å². The zero-order chi connectivity index (χ0) is 16.2. The lowest BCUT2D eigenvalue weighted by molar-refractivity contribution is 0.355. The van der Waals surface area contributed by atoms with E-state index in [0.29, 0.717) is 17.1 Å². The lowest BCUT2D eigenvalue weighted by Gasteiger charge is -2.07. The van der Waals surface area contributed by atoms with E-state index in [1.807, 2.05) is 48.6 Å². The third-order valence-electron chi connectivity index (χ3n) is 3.54. The molecular weight excluding hydrogens is 292 g/mol. The van der Waals surface area contributed by atoms with Gasteiger partial charge in [0.2, 0.25) is 0 Å². The number of hydrogen-bond donors (Lipinski definition) is 0. The molecule has 0 bridgehead atoms. The van der Waals surface area contributed by atoms with Crippen LogP contribution in [-0.4, -0.2) is 14.2 Å². The second-order valence-corrected chi connectivity index (χ2v) is 4.96. The predicted molar refractivity (Wildman–Crippen MR) is 91.0 cm³/mol. The highest BCUT2D eigenvalue weighted by molar-refractivity contribution is 5.89. The van der Waals surface area contributed by atoms with Gasteiger partial charge in [-0.25, -0.2) is 4.79 Å². The number of para-hydroxylation sites is 1. The van der Waals surface area contributed by atoms with Crippen LogP contribution in [0.5, 0.6) is 11.5 Å². The van der Waals surface area contributed by atoms with E-state index in [1.54, 1.807) is 20.3 Å². The van der Waals surface area contributed by atoms with Gasteiger partial charge in [-0.3, -0.25) is 0 Å². The smallest absolute Gasteiger partial charge is 0.336 e. The van der Waals surface area contributed by atoms with Gasteiger partial charge >= 0.3 is 5.63 Å². The minimum atomic E-state index is -0.365. The van der Waals surface area contributed by atoms with Crippen LogP contribution in [0.15, 0.2) is 57.7 Å². The van der Waals surface area contributed by atoms with Gasteiger partial charge in [0.05, 0.1) is 14.2 Å². The first-order valence-corrected chi connectivity index (χ1v) is 7.14. The summed E-state index contributed by atoms with van der Waals surface area (Å²) in [5, 5.41) is 0.892. The molecule has 2 aromatic carbocycles. The van der Waals surface area contributed by atoms with Gasteiger partial charge in [0.1, 0.15) is 5.58 Å². The number of fused-ring (bicyclic) bond motifs is 1. The number of hydrogen-bond acceptors (Lipinski definition) is 4. The van der Waals surface area contributed by atoms with Crippen molar-refractivity contribution in [2.75, 3.05) is 14.2 Å². The molecule has 0 aliphatic heterocycles. The van der Waals surface area contributed by atoms with Crippen LogP contribution in [0.2, 0.25) is 0 Å². The summed E-state index contributed by atoms with van der Waals surface area (Å²) in [6.45, 7) is 0. The van der Waals surface area contributed by atoms with Crippen LogP contribution >= 0.6 is 0 Å². The highest BCUT2D eigenvalue weighted by Crippen LogP contribution is 2.28. The van der Waals surface area contributed by atoms with Crippen molar-refractivity contribution in [2.24, 2.45) is 0 Å². The quantitative estimate of drug-likeness (QED) is 0.684. The van der Waals surface area contributed by atoms with Crippen molar-refractivity contribution in [2.45, 2.75) is 0 Å². The highest BCUT2D eigenvalue weighted by atomic mass is 16.5. The third-order valence-corrected chi connectivity index (χ3v) is 3.54. The third kappa shape index (κ3) is 3.11. The molecule has 23 heavy (non-hydrogen) atoms. The number of rotatable bonds is 4. The van der Waals surface area contributed by atoms with Crippen molar-refractivity contribution in [3.05, 3.63) is 70.1 Å². The molecule has 0 N–H and O–H groups in total. The van der Waals surface area contributed by atoms with E-state index in [-0.39, 0.29) is 5.63 Å². The van der Waals surface area contributed by atoms with Gasteiger partial charge < -0.3 is 13.9 Å². The molecule has 0 spiro atoms. The van der Waals surface area contributed by atoms with Crippen molar-refractivity contribution >= 4 is 23.1 Å². The summed E-state index contributed by atoms with van der Waals surface area (Å²) >= 11 is 0. The Balaban J connectivity index is 2.02. The first-order chi connectivity index (χ1) is 11.2. The molecule has 0 amide bonds. The van der Waals surface area contributed by atoms with E-state index >= 15 is 0 Å². The Morgan fingerprint density at radius 3 is 2.48 bits per heavy atom. The normalized spacial score (nSPS) is 11.0. The predicted octanol–water partition coefficient (Wildman–Crippen LogP) is 3.98. The minimum absolute atomic E-state index is 0.365. The Morgan fingerprint density at radius 2 is 1.70 bits per heavy atom. The molecule has 0 radical (unpaired) electrons. The van der Waals surface area contributed by atoms with Crippen LogP contribution in [0.1, 0.15) is 11.1 Å². The van der Waals surface area contributed by atoms with Gasteiger partial charge in [-0.2, -0.15) is 0 Å². The maximum absolute atomic E-state index is 11.7. The van der Waals surface area contributed by atoms with Crippen molar-refractivity contribution in [1.82, 2.24) is 0 Å². The number of methoxy groups -OCH3 is 2. The first-order valence-electron chi connectivity index (χ1n) is 7.14. The zero-order valence-electron chi connectivity index (χ0n) is 12.9. The van der Waals surface area contributed by atoms with Gasteiger partial charge in [0.15, 0.2) is 11.5 Å². The molecule has 0 unspecified atom stereocenters. The lowest BCUT2D eigenvalue weighted by Crippen LogP contribution is -1.97. The monoisotopic (exact) mass is 308 g/mol. The molecule has 0 saturated heterocycles. The van der Waals surface area contributed by atoms with Crippen LogP contribution in [0.4, 0.5) is 0 Å².